The van der Waals surface area contributed by atoms with Crippen molar-refractivity contribution in [3.63, 3.8) is 0 Å². The molecule has 0 bridgehead atoms. The third-order valence-electron chi connectivity index (χ3n) is 6.79. The van der Waals surface area contributed by atoms with Crippen LogP contribution in [0.4, 0.5) is 0 Å². The van der Waals surface area contributed by atoms with Crippen LogP contribution in [0.5, 0.6) is 0 Å². The number of hydrogen-bond acceptors (Lipinski definition) is 8. The molecule has 0 saturated heterocycles. The number of Topliss-reactive ketones (excluding diaryl/α,β-unsaturated/α-hetero) is 1. The molecule has 36 heavy (non-hydrogen) atoms. The minimum absolute atomic E-state index is 0.367. The summed E-state index contributed by atoms with van der Waals surface area (Å²) < 4.78 is 37.8. The Labute approximate surface area is 210 Å². The lowest BCUT2D eigenvalue weighted by molar-refractivity contribution is -0.149. The van der Waals surface area contributed by atoms with Gasteiger partial charge in [-0.2, -0.15) is 0 Å². The quantitative estimate of drug-likeness (QED) is 0.307. The van der Waals surface area contributed by atoms with Crippen LogP contribution in [-0.2, 0) is 44.2 Å². The molecule has 4 rings (SSSR count). The number of carbonyl (C=O) groups excluding carboxylic acids is 4. The number of hydrogen-bond donors (Lipinski definition) is 0. The van der Waals surface area contributed by atoms with Gasteiger partial charge in [0, 0.05) is 6.08 Å². The second-order valence-electron chi connectivity index (χ2n) is 9.53. The van der Waals surface area contributed by atoms with Crippen molar-refractivity contribution in [1.82, 2.24) is 0 Å². The van der Waals surface area contributed by atoms with Crippen LogP contribution < -0.4 is 0 Å². The number of rotatable bonds is 7. The lowest BCUT2D eigenvalue weighted by atomic mass is 9.95. The summed E-state index contributed by atoms with van der Waals surface area (Å²) >= 11 is 0. The fourth-order valence-corrected chi connectivity index (χ4v) is 6.58. The van der Waals surface area contributed by atoms with E-state index in [1.165, 1.54) is 0 Å². The summed E-state index contributed by atoms with van der Waals surface area (Å²) in [4.78, 5) is 51.4. The molecule has 0 aliphatic heterocycles. The summed E-state index contributed by atoms with van der Waals surface area (Å²) in [7, 11) is -4.49. The van der Waals surface area contributed by atoms with E-state index in [1.807, 2.05) is 0 Å². The van der Waals surface area contributed by atoms with E-state index >= 15 is 0 Å². The highest BCUT2D eigenvalue weighted by molar-refractivity contribution is 7.95. The Morgan fingerprint density at radius 3 is 1.86 bits per heavy atom. The summed E-state index contributed by atoms with van der Waals surface area (Å²) in [5.74, 6) is -5.07. The molecule has 0 N–H and O–H groups in total. The molecule has 8 nitrogen and oxygen atoms in total. The largest absolute Gasteiger partial charge is 0.459 e. The molecule has 9 heteroatoms. The average Bonchev–Trinajstić information content (AvgIpc) is 2.86. The number of carbonyl (C=O) groups is 4. The van der Waals surface area contributed by atoms with Crippen LogP contribution in [0.15, 0.2) is 52.5 Å². The van der Waals surface area contributed by atoms with Gasteiger partial charge < -0.3 is 9.47 Å². The maximum Gasteiger partial charge on any atom is 0.343 e. The van der Waals surface area contributed by atoms with Crippen LogP contribution in [0.25, 0.3) is 0 Å². The summed E-state index contributed by atoms with van der Waals surface area (Å²) in [5, 5.41) is 0. The molecule has 1 aromatic rings. The molecule has 3 aliphatic rings. The van der Waals surface area contributed by atoms with E-state index in [-0.39, 0.29) is 0 Å². The Bertz CT molecular complexity index is 1200. The highest BCUT2D eigenvalue weighted by atomic mass is 32.2. The van der Waals surface area contributed by atoms with Gasteiger partial charge in [-0.3, -0.25) is 9.59 Å². The third kappa shape index (κ3) is 6.00. The molecule has 2 fully saturated rings. The summed E-state index contributed by atoms with van der Waals surface area (Å²) in [6.07, 6.45) is 7.78. The molecule has 0 atom stereocenters. The van der Waals surface area contributed by atoms with Crippen molar-refractivity contribution in [1.29, 1.82) is 0 Å². The second-order valence-corrected chi connectivity index (χ2v) is 11.5. The van der Waals surface area contributed by atoms with Gasteiger partial charge in [0.05, 0.1) is 5.75 Å². The molecule has 1 aromatic carbocycles. The molecule has 0 aromatic heterocycles. The Balaban J connectivity index is 1.67. The number of esters is 2. The average molecular weight is 515 g/mol. The summed E-state index contributed by atoms with van der Waals surface area (Å²) in [5.41, 5.74) is -1.15. The first kappa shape index (κ1) is 26.0. The highest BCUT2D eigenvalue weighted by Crippen LogP contribution is 2.31. The van der Waals surface area contributed by atoms with E-state index in [0.717, 1.165) is 38.5 Å². The van der Waals surface area contributed by atoms with E-state index in [1.54, 1.807) is 30.3 Å². The van der Waals surface area contributed by atoms with Crippen LogP contribution in [0, 0.1) is 0 Å². The van der Waals surface area contributed by atoms with Crippen molar-refractivity contribution < 1.29 is 37.1 Å². The van der Waals surface area contributed by atoms with Crippen LogP contribution in [0.2, 0.25) is 0 Å². The minimum atomic E-state index is -4.49. The van der Waals surface area contributed by atoms with Gasteiger partial charge in [0.2, 0.25) is 5.78 Å². The van der Waals surface area contributed by atoms with Crippen molar-refractivity contribution in [2.75, 3.05) is 0 Å². The molecule has 0 spiro atoms. The van der Waals surface area contributed by atoms with Crippen molar-refractivity contribution in [3.8, 4) is 0 Å². The maximum atomic E-state index is 13.5. The van der Waals surface area contributed by atoms with Crippen LogP contribution in [0.3, 0.4) is 0 Å². The van der Waals surface area contributed by atoms with Gasteiger partial charge in [0.15, 0.2) is 15.6 Å². The third-order valence-corrected chi connectivity index (χ3v) is 8.51. The molecule has 0 unspecified atom stereocenters. The van der Waals surface area contributed by atoms with E-state index in [4.69, 9.17) is 9.47 Å². The lowest BCUT2D eigenvalue weighted by Crippen LogP contribution is -2.35. The fraction of sp³-hybridized carbons (Fsp3) is 0.481. The lowest BCUT2D eigenvalue weighted by Gasteiger charge is -2.25. The number of benzene rings is 1. The topological polar surface area (TPSA) is 121 Å². The zero-order valence-electron chi connectivity index (χ0n) is 20.1. The molecule has 2 saturated carbocycles. The minimum Gasteiger partial charge on any atom is -0.459 e. The maximum absolute atomic E-state index is 13.5. The molecule has 0 amide bonds. The van der Waals surface area contributed by atoms with Gasteiger partial charge in [-0.15, -0.1) is 0 Å². The van der Waals surface area contributed by atoms with Gasteiger partial charge in [0.25, 0.3) is 0 Å². The number of ether oxygens (including phenoxy) is 2. The van der Waals surface area contributed by atoms with Crippen molar-refractivity contribution >= 4 is 33.3 Å². The normalized spacial score (nSPS) is 20.2. The van der Waals surface area contributed by atoms with Crippen LogP contribution in [-0.4, -0.2) is 44.1 Å². The fourth-order valence-electron chi connectivity index (χ4n) is 4.92. The predicted molar refractivity (Wildman–Crippen MR) is 130 cm³/mol. The number of allylic oxidation sites excluding steroid dienone is 2. The Hall–Kier alpha value is -3.07. The summed E-state index contributed by atoms with van der Waals surface area (Å²) in [6.45, 7) is 0. The van der Waals surface area contributed by atoms with E-state index in [2.05, 4.69) is 0 Å². The number of sulfone groups is 1. The van der Waals surface area contributed by atoms with E-state index < -0.39 is 67.4 Å². The Kier molecular flexibility index (Phi) is 8.18. The van der Waals surface area contributed by atoms with E-state index in [9.17, 15) is 27.6 Å². The molecule has 192 valence electrons. The number of ketones is 2. The van der Waals surface area contributed by atoms with Crippen molar-refractivity contribution in [2.24, 2.45) is 0 Å². The van der Waals surface area contributed by atoms with Gasteiger partial charge in [0.1, 0.15) is 28.3 Å². The molecule has 3 aliphatic carbocycles. The smallest absolute Gasteiger partial charge is 0.343 e. The van der Waals surface area contributed by atoms with E-state index in [0.29, 0.717) is 37.3 Å². The Morgan fingerprint density at radius 2 is 1.31 bits per heavy atom. The summed E-state index contributed by atoms with van der Waals surface area (Å²) in [6, 6.07) is 8.10. The predicted octanol–water partition coefficient (Wildman–Crippen LogP) is 3.69. The monoisotopic (exact) mass is 514 g/mol. The molecule has 0 heterocycles. The standard InChI is InChI=1S/C27H30O8S/c28-22-16-21(26(30)34-19-12-6-2-7-13-19)24(29)25(36(32,33)17-18-10-4-1-5-11-18)23(22)27(31)35-20-14-8-3-9-15-20/h1,4-5,10-11,16,19-20H,2-3,6-9,12-15,17H2. The first-order valence-corrected chi connectivity index (χ1v) is 14.1. The molecular weight excluding hydrogens is 484 g/mol. The van der Waals surface area contributed by atoms with Crippen molar-refractivity contribution in [3.05, 3.63) is 58.0 Å². The van der Waals surface area contributed by atoms with Crippen LogP contribution >= 0.6 is 0 Å². The molecular formula is C27H30O8S. The van der Waals surface area contributed by atoms with Gasteiger partial charge in [-0.1, -0.05) is 43.2 Å². The van der Waals surface area contributed by atoms with Gasteiger partial charge in [-0.05, 0) is 56.9 Å². The SMILES string of the molecule is O=C1C=C(C(=O)OC2CCCCC2)C(=O)C(S(=O)(=O)Cc2ccccc2)=C1C(=O)OC1CCCCC1. The molecule has 0 radical (unpaired) electrons. The first-order chi connectivity index (χ1) is 17.3. The highest BCUT2D eigenvalue weighted by Gasteiger charge is 2.43. The van der Waals surface area contributed by atoms with Crippen molar-refractivity contribution in [2.45, 2.75) is 82.2 Å². The first-order valence-electron chi connectivity index (χ1n) is 12.5. The zero-order valence-corrected chi connectivity index (χ0v) is 20.9. The Morgan fingerprint density at radius 1 is 0.778 bits per heavy atom. The van der Waals surface area contributed by atoms with Crippen LogP contribution in [0.1, 0.15) is 69.8 Å². The van der Waals surface area contributed by atoms with Gasteiger partial charge in [-0.25, -0.2) is 18.0 Å². The second kappa shape index (κ2) is 11.3. The zero-order chi connectivity index (χ0) is 25.7. The van der Waals surface area contributed by atoms with Gasteiger partial charge >= 0.3 is 11.9 Å².